The number of quaternary nitrogens is 1. The first kappa shape index (κ1) is 71.0. The molecule has 466 valence electrons. The van der Waals surface area contributed by atoms with Crippen LogP contribution in [0.4, 0.5) is 10.6 Å². The third kappa shape index (κ3) is 25.6. The van der Waals surface area contributed by atoms with Gasteiger partial charge in [0.2, 0.25) is 5.60 Å². The molecular formula is C64H109N6O11P. The average molecular weight is 1170 g/mol. The van der Waals surface area contributed by atoms with Gasteiger partial charge in [-0.05, 0) is 84.4 Å². The lowest BCUT2D eigenvalue weighted by Crippen LogP contribution is -2.50. The summed E-state index contributed by atoms with van der Waals surface area (Å²) in [5.41, 5.74) is -0.926. The summed E-state index contributed by atoms with van der Waals surface area (Å²) in [7, 11) is -5.04. The van der Waals surface area contributed by atoms with Gasteiger partial charge in [0.1, 0.15) is 54.5 Å². The minimum Gasteiger partial charge on any atom is -0.756 e. The van der Waals surface area contributed by atoms with Crippen LogP contribution in [0.3, 0.4) is 0 Å². The van der Waals surface area contributed by atoms with Crippen molar-refractivity contribution in [3.63, 3.8) is 0 Å². The van der Waals surface area contributed by atoms with Gasteiger partial charge in [-0.15, -0.1) is 0 Å². The Morgan fingerprint density at radius 2 is 1.28 bits per heavy atom. The van der Waals surface area contributed by atoms with E-state index in [-0.39, 0.29) is 25.6 Å². The molecule has 1 aromatic carbocycles. The Morgan fingerprint density at radius 1 is 0.744 bits per heavy atom. The van der Waals surface area contributed by atoms with Gasteiger partial charge in [-0.2, -0.15) is 10.4 Å². The van der Waals surface area contributed by atoms with Gasteiger partial charge in [0.25, 0.3) is 7.82 Å². The number of nitriles is 1. The summed E-state index contributed by atoms with van der Waals surface area (Å²) >= 11 is 0. The van der Waals surface area contributed by atoms with Gasteiger partial charge in [-0.3, -0.25) is 9.88 Å². The molecule has 6 atom stereocenters. The number of nitrogens with zero attached hydrogens (tertiary/aromatic N) is 5. The first-order chi connectivity index (χ1) is 39.4. The number of fused-ring (bicyclic) bond motifs is 2. The molecule has 1 unspecified atom stereocenters. The number of unbranched alkanes of at least 4 members (excludes halogenated alkanes) is 19. The number of rotatable bonds is 42. The molecule has 18 heteroatoms. The Morgan fingerprint density at radius 3 is 1.80 bits per heavy atom. The molecule has 2 fully saturated rings. The lowest BCUT2D eigenvalue weighted by molar-refractivity contribution is -0.929. The van der Waals surface area contributed by atoms with E-state index in [0.29, 0.717) is 17.8 Å². The van der Waals surface area contributed by atoms with Crippen molar-refractivity contribution in [1.29, 1.82) is 5.26 Å². The van der Waals surface area contributed by atoms with E-state index >= 15 is 0 Å². The zero-order valence-electron chi connectivity index (χ0n) is 52.4. The molecule has 2 saturated heterocycles. The van der Waals surface area contributed by atoms with Crippen molar-refractivity contribution in [3.05, 3.63) is 60.0 Å². The fourth-order valence-electron chi connectivity index (χ4n) is 10.8. The van der Waals surface area contributed by atoms with Crippen molar-refractivity contribution in [2.45, 2.75) is 271 Å². The number of carbonyl (C=O) groups is 1. The summed E-state index contributed by atoms with van der Waals surface area (Å²) < 4.78 is 63.3. The van der Waals surface area contributed by atoms with Crippen LogP contribution < -0.4 is 10.2 Å². The Bertz CT molecular complexity index is 2250. The Balaban J connectivity index is 0.000000732. The van der Waals surface area contributed by atoms with E-state index in [2.05, 4.69) is 56.1 Å². The molecular weight excluding hydrogens is 1060 g/mol. The van der Waals surface area contributed by atoms with E-state index in [9.17, 15) is 19.5 Å². The maximum absolute atomic E-state index is 13.4. The molecule has 4 heterocycles. The van der Waals surface area contributed by atoms with Crippen molar-refractivity contribution < 1.29 is 56.2 Å². The van der Waals surface area contributed by atoms with Crippen LogP contribution >= 0.6 is 7.82 Å². The highest BCUT2D eigenvalue weighted by molar-refractivity contribution is 7.45. The molecule has 5 rings (SSSR count). The second kappa shape index (κ2) is 37.8. The van der Waals surface area contributed by atoms with E-state index in [0.717, 1.165) is 24.8 Å². The van der Waals surface area contributed by atoms with Gasteiger partial charge < -0.3 is 46.8 Å². The van der Waals surface area contributed by atoms with Crippen LogP contribution in [0.25, 0.3) is 5.52 Å². The van der Waals surface area contributed by atoms with Gasteiger partial charge in [-0.25, -0.2) is 14.3 Å². The fraction of sp³-hybridized carbons (Fsp3) is 0.781. The number of carbonyl (C=O) groups excluding carboxylic acids is 1. The Labute approximate surface area is 494 Å². The predicted octanol–water partition coefficient (Wildman–Crippen LogP) is 15.3. The number of ether oxygens (including phenoxy) is 6. The first-order valence-electron chi connectivity index (χ1n) is 31.8. The van der Waals surface area contributed by atoms with Crippen LogP contribution in [-0.2, 0) is 48.6 Å². The second-order valence-electron chi connectivity index (χ2n) is 24.3. The van der Waals surface area contributed by atoms with E-state index < -0.39 is 61.9 Å². The van der Waals surface area contributed by atoms with Crippen molar-refractivity contribution >= 4 is 25.3 Å². The summed E-state index contributed by atoms with van der Waals surface area (Å²) in [5, 5.41) is 17.6. The first-order valence-corrected chi connectivity index (χ1v) is 33.3. The topological polar surface area (TPSA) is 197 Å². The zero-order chi connectivity index (χ0) is 59.8. The Kier molecular flexibility index (Phi) is 32.7. The van der Waals surface area contributed by atoms with Gasteiger partial charge in [0.05, 0.1) is 51.7 Å². The molecule has 0 bridgehead atoms. The summed E-state index contributed by atoms with van der Waals surface area (Å²) in [5.74, 6) is -0.979. The fourth-order valence-corrected chi connectivity index (χ4v) is 11.6. The number of phosphoric acid groups is 1. The highest BCUT2D eigenvalue weighted by Gasteiger charge is 2.65. The third-order valence-electron chi connectivity index (χ3n) is 15.4. The average Bonchev–Trinajstić information content (AvgIpc) is 3.65. The van der Waals surface area contributed by atoms with Crippen molar-refractivity contribution in [2.75, 3.05) is 57.9 Å². The Hall–Kier alpha value is -3.53. The SMILES string of the molecule is CCCCCCCCCCCCCCCCCCOC[C@H](COP(=O)([O-])OC[C@@]1(C#N)O[C@@H](c2ccc3c(NC(=O)OC(C)(C)C)ncnn23)[C@@H]2OC(C)(C)O[C@@H]21)OCc1ccccc1.CCCC[N+](CCCC)(CCCC)CCCC. The molecule has 0 spiro atoms. The zero-order valence-corrected chi connectivity index (χ0v) is 53.3. The quantitative estimate of drug-likeness (QED) is 0.0319. The van der Waals surface area contributed by atoms with E-state index in [1.807, 2.05) is 30.3 Å². The van der Waals surface area contributed by atoms with Crippen LogP contribution in [0, 0.1) is 11.3 Å². The highest BCUT2D eigenvalue weighted by atomic mass is 31.2. The lowest BCUT2D eigenvalue weighted by atomic mass is 9.96. The second-order valence-corrected chi connectivity index (χ2v) is 25.7. The van der Waals surface area contributed by atoms with Gasteiger partial charge in [-0.1, -0.05) is 187 Å². The summed E-state index contributed by atoms with van der Waals surface area (Å²) in [6.07, 6.45) is 28.5. The molecule has 2 aromatic heterocycles. The van der Waals surface area contributed by atoms with Crippen molar-refractivity contribution in [1.82, 2.24) is 14.6 Å². The molecule has 2 aliphatic heterocycles. The molecule has 17 nitrogen and oxygen atoms in total. The monoisotopic (exact) mass is 1170 g/mol. The van der Waals surface area contributed by atoms with Gasteiger partial charge >= 0.3 is 6.09 Å². The van der Waals surface area contributed by atoms with Gasteiger partial charge in [0.15, 0.2) is 11.6 Å². The molecule has 0 saturated carbocycles. The van der Waals surface area contributed by atoms with Crippen LogP contribution in [-0.4, -0.2) is 113 Å². The number of phosphoric ester groups is 1. The number of anilines is 1. The van der Waals surface area contributed by atoms with E-state index in [4.69, 9.17) is 37.5 Å². The van der Waals surface area contributed by atoms with Crippen LogP contribution in [0.5, 0.6) is 0 Å². The minimum atomic E-state index is -5.04. The predicted molar refractivity (Wildman–Crippen MR) is 323 cm³/mol. The molecule has 1 N–H and O–H groups in total. The minimum absolute atomic E-state index is 0.117. The summed E-state index contributed by atoms with van der Waals surface area (Å²) in [6.45, 7) is 25.6. The maximum Gasteiger partial charge on any atom is 0.413 e. The molecule has 2 aliphatic rings. The number of nitrogens with one attached hydrogen (secondary N) is 1. The van der Waals surface area contributed by atoms with Crippen LogP contribution in [0.15, 0.2) is 48.8 Å². The lowest BCUT2D eigenvalue weighted by Gasteiger charge is -2.39. The van der Waals surface area contributed by atoms with Crippen molar-refractivity contribution in [3.8, 4) is 6.07 Å². The van der Waals surface area contributed by atoms with Crippen LogP contribution in [0.2, 0.25) is 0 Å². The smallest absolute Gasteiger partial charge is 0.413 e. The van der Waals surface area contributed by atoms with Gasteiger partial charge in [0, 0.05) is 6.61 Å². The van der Waals surface area contributed by atoms with E-state index in [1.54, 1.807) is 46.8 Å². The van der Waals surface area contributed by atoms with Crippen molar-refractivity contribution in [2.24, 2.45) is 0 Å². The van der Waals surface area contributed by atoms with E-state index in [1.165, 1.54) is 176 Å². The number of hydrogen-bond donors (Lipinski definition) is 1. The molecule has 1 amide bonds. The molecule has 0 radical (unpaired) electrons. The molecule has 0 aliphatic carbocycles. The normalized spacial score (nSPS) is 19.8. The standard InChI is InChI=1S/C48H74N5O11P.C16H36N/c1-7-8-9-10-11-12-13-14-15-16-17-18-19-20-21-25-30-57-32-38(58-31-37-26-23-22-24-27-37)33-59-65(55,56)60-35-48(34-49)43-42(61-47(5,6)63-43)41(62-48)39-28-29-40-44(50-36-51-53(39)40)52-45(54)64-46(2,3)4;1-5-9-13-17(14-10-6-2,15-11-7-3)16-12-8-4/h22-24,26-29,36,38,41-43H,7-21,25,30-33,35H2,1-6H3,(H,55,56)(H,50,51,52,54);5-16H2,1-4H3/q;+1/p-1/t38-,41+,42+,43+,48-;/m1./s1. The molecule has 82 heavy (non-hydrogen) atoms. The largest absolute Gasteiger partial charge is 0.756 e. The number of hydrogen-bond acceptors (Lipinski definition) is 14. The number of aromatic nitrogens is 3. The number of amides is 1. The summed E-state index contributed by atoms with van der Waals surface area (Å²) in [6, 6.07) is 15.0. The van der Waals surface area contributed by atoms with Crippen LogP contribution in [0.1, 0.15) is 241 Å². The highest BCUT2D eigenvalue weighted by Crippen LogP contribution is 2.52. The summed E-state index contributed by atoms with van der Waals surface area (Å²) in [4.78, 5) is 30.2. The third-order valence-corrected chi connectivity index (χ3v) is 16.3. The molecule has 3 aromatic rings. The maximum atomic E-state index is 13.4. The number of benzene rings is 1.